The summed E-state index contributed by atoms with van der Waals surface area (Å²) in [6, 6.07) is 9.80. The quantitative estimate of drug-likeness (QED) is 0.140. The maximum atomic E-state index is 13.3. The number of likely N-dealkylation sites (tertiary alicyclic amines) is 1. The molecule has 1 aromatic heterocycles. The Hall–Kier alpha value is -3.89. The summed E-state index contributed by atoms with van der Waals surface area (Å²) in [6.07, 6.45) is 2.04. The van der Waals surface area contributed by atoms with Gasteiger partial charge in [0.05, 0.1) is 33.1 Å². The van der Waals surface area contributed by atoms with E-state index in [-0.39, 0.29) is 47.1 Å². The lowest BCUT2D eigenvalue weighted by Gasteiger charge is -2.30. The van der Waals surface area contributed by atoms with Crippen molar-refractivity contribution >= 4 is 68.4 Å². The van der Waals surface area contributed by atoms with E-state index in [1.807, 2.05) is 30.3 Å². The predicted octanol–water partition coefficient (Wildman–Crippen LogP) is 3.08. The minimum atomic E-state index is -1.45. The third-order valence-electron chi connectivity index (χ3n) is 7.21. The molecular formula is C28H26Cl2N6O5S. The van der Waals surface area contributed by atoms with Crippen LogP contribution in [0.4, 0.5) is 0 Å². The molecule has 14 heteroatoms. The number of nitrogens with zero attached hydrogens (tertiary/aromatic N) is 4. The number of aliphatic hydroxyl groups is 1. The molecule has 2 atom stereocenters. The number of aliphatic hydroxyl groups excluding tert-OH is 1. The highest BCUT2D eigenvalue weighted by atomic mass is 35.5. The van der Waals surface area contributed by atoms with Crippen LogP contribution in [0.3, 0.4) is 0 Å². The average molecular weight is 630 g/mol. The van der Waals surface area contributed by atoms with Crippen LogP contribution < -0.4 is 10.6 Å². The van der Waals surface area contributed by atoms with Crippen molar-refractivity contribution in [1.82, 2.24) is 20.4 Å². The smallest absolute Gasteiger partial charge is 0.328 e. The van der Waals surface area contributed by atoms with Gasteiger partial charge in [-0.05, 0) is 47.6 Å². The number of rotatable bonds is 6. The third kappa shape index (κ3) is 6.15. The topological polar surface area (TPSA) is 158 Å². The molecule has 2 amide bonds. The zero-order valence-corrected chi connectivity index (χ0v) is 24.5. The first-order valence-corrected chi connectivity index (χ1v) is 14.7. The first kappa shape index (κ1) is 29.6. The molecule has 2 aromatic carbocycles. The molecule has 0 spiro atoms. The molecule has 2 aliphatic rings. The SMILES string of the molecule is N#CNC(=NCC(NC(=O)c1c(Cl)cc2c(c1Cl)CCN(C(=O)c1cc3ccccc3s1)C2)C(=O)O)N1CC[C@H](O)C1. The number of nitrogens with one attached hydrogen (secondary N) is 2. The zero-order chi connectivity index (χ0) is 30.0. The molecule has 1 unspecified atom stereocenters. The second kappa shape index (κ2) is 12.5. The molecule has 0 aliphatic carbocycles. The number of benzene rings is 2. The number of carboxylic acids is 1. The van der Waals surface area contributed by atoms with Crippen molar-refractivity contribution in [1.29, 1.82) is 5.26 Å². The number of β-amino-alcohol motifs (C(OH)–C–C–N with tert-alkyl or cyclic N) is 1. The molecular weight excluding hydrogens is 603 g/mol. The van der Waals surface area contributed by atoms with Crippen molar-refractivity contribution in [3.05, 3.63) is 68.0 Å². The van der Waals surface area contributed by atoms with Crippen LogP contribution in [0.1, 0.15) is 37.6 Å². The molecule has 5 rings (SSSR count). The Morgan fingerprint density at radius 1 is 1.19 bits per heavy atom. The minimum absolute atomic E-state index is 0.0259. The molecule has 0 saturated carbocycles. The van der Waals surface area contributed by atoms with E-state index >= 15 is 0 Å². The van der Waals surface area contributed by atoms with E-state index in [0.717, 1.165) is 10.1 Å². The van der Waals surface area contributed by atoms with Gasteiger partial charge >= 0.3 is 5.97 Å². The van der Waals surface area contributed by atoms with Crippen molar-refractivity contribution in [2.24, 2.45) is 4.99 Å². The van der Waals surface area contributed by atoms with Gasteiger partial charge < -0.3 is 25.3 Å². The first-order chi connectivity index (χ1) is 20.2. The van der Waals surface area contributed by atoms with E-state index in [9.17, 15) is 24.6 Å². The average Bonchev–Trinajstić information content (AvgIpc) is 3.60. The van der Waals surface area contributed by atoms with Crippen LogP contribution in [0.5, 0.6) is 0 Å². The number of thiophene rings is 1. The Bertz CT molecular complexity index is 1600. The fourth-order valence-electron chi connectivity index (χ4n) is 5.07. The molecule has 0 radical (unpaired) electrons. The highest BCUT2D eigenvalue weighted by Crippen LogP contribution is 2.36. The maximum absolute atomic E-state index is 13.3. The fraction of sp³-hybridized carbons (Fsp3) is 0.321. The van der Waals surface area contributed by atoms with Gasteiger partial charge in [-0.1, -0.05) is 41.4 Å². The summed E-state index contributed by atoms with van der Waals surface area (Å²) in [5.74, 6) is -2.13. The van der Waals surface area contributed by atoms with Gasteiger partial charge in [-0.15, -0.1) is 11.3 Å². The second-order valence-electron chi connectivity index (χ2n) is 9.96. The van der Waals surface area contributed by atoms with Crippen LogP contribution in [0.25, 0.3) is 10.1 Å². The van der Waals surface area contributed by atoms with E-state index in [2.05, 4.69) is 15.6 Å². The summed E-state index contributed by atoms with van der Waals surface area (Å²) in [6.45, 7) is 0.939. The van der Waals surface area contributed by atoms with Crippen LogP contribution in [0, 0.1) is 11.5 Å². The van der Waals surface area contributed by atoms with Crippen molar-refractivity contribution in [2.45, 2.75) is 31.5 Å². The summed E-state index contributed by atoms with van der Waals surface area (Å²) in [7, 11) is 0. The second-order valence-corrected chi connectivity index (χ2v) is 11.8. The monoisotopic (exact) mass is 628 g/mol. The number of aliphatic carboxylic acids is 1. The molecule has 3 aromatic rings. The van der Waals surface area contributed by atoms with E-state index in [1.165, 1.54) is 11.3 Å². The Balaban J connectivity index is 1.31. The van der Waals surface area contributed by atoms with Gasteiger partial charge in [0, 0.05) is 30.9 Å². The number of nitriles is 1. The molecule has 1 saturated heterocycles. The van der Waals surface area contributed by atoms with E-state index in [0.29, 0.717) is 41.9 Å². The number of guanidine groups is 1. The van der Waals surface area contributed by atoms with Gasteiger partial charge in [0.2, 0.25) is 5.96 Å². The minimum Gasteiger partial charge on any atom is -0.480 e. The summed E-state index contributed by atoms with van der Waals surface area (Å²) < 4.78 is 1.03. The van der Waals surface area contributed by atoms with Gasteiger partial charge in [-0.3, -0.25) is 14.9 Å². The van der Waals surface area contributed by atoms with Crippen LogP contribution in [0.2, 0.25) is 10.0 Å². The molecule has 0 bridgehead atoms. The molecule has 1 fully saturated rings. The highest BCUT2D eigenvalue weighted by molar-refractivity contribution is 7.20. The number of carboxylic acid groups (broad SMARTS) is 1. The van der Waals surface area contributed by atoms with Crippen LogP contribution in [-0.4, -0.2) is 82.1 Å². The third-order valence-corrected chi connectivity index (χ3v) is 9.03. The molecule has 2 aliphatic heterocycles. The van der Waals surface area contributed by atoms with E-state index in [4.69, 9.17) is 28.5 Å². The lowest BCUT2D eigenvalue weighted by Crippen LogP contribution is -2.45. The number of amides is 2. The Kier molecular flexibility index (Phi) is 8.84. The number of carbonyl (C=O) groups excluding carboxylic acids is 2. The maximum Gasteiger partial charge on any atom is 0.328 e. The summed E-state index contributed by atoms with van der Waals surface area (Å²) in [5.41, 5.74) is 1.32. The zero-order valence-electron chi connectivity index (χ0n) is 22.1. The lowest BCUT2D eigenvalue weighted by molar-refractivity contribution is -0.138. The number of fused-ring (bicyclic) bond motifs is 2. The summed E-state index contributed by atoms with van der Waals surface area (Å²) in [4.78, 5) is 46.6. The standard InChI is InChI=1S/C28H26Cl2N6O5S/c29-19-9-16-12-35(26(39)22-10-15-3-1-2-4-21(15)42-22)8-6-18(16)24(30)23(19)25(38)34-20(27(40)41)11-32-28(33-14-31)36-7-5-17(37)13-36/h1-4,9-10,17,20,37H,5-8,11-13H2,(H,32,33)(H,34,38)(H,40,41)/t17-,20?/m0/s1. The first-order valence-electron chi connectivity index (χ1n) is 13.1. The van der Waals surface area contributed by atoms with Gasteiger partial charge in [0.1, 0.15) is 6.04 Å². The van der Waals surface area contributed by atoms with Crippen molar-refractivity contribution in [3.8, 4) is 6.19 Å². The molecule has 11 nitrogen and oxygen atoms in total. The molecule has 218 valence electrons. The number of hydrogen-bond acceptors (Lipinski definition) is 7. The van der Waals surface area contributed by atoms with Crippen molar-refractivity contribution < 1.29 is 24.6 Å². The highest BCUT2D eigenvalue weighted by Gasteiger charge is 2.30. The van der Waals surface area contributed by atoms with Crippen molar-refractivity contribution in [3.63, 3.8) is 0 Å². The Morgan fingerprint density at radius 2 is 1.98 bits per heavy atom. The largest absolute Gasteiger partial charge is 0.480 e. The lowest BCUT2D eigenvalue weighted by atomic mass is 9.96. The molecule has 42 heavy (non-hydrogen) atoms. The van der Waals surface area contributed by atoms with Crippen LogP contribution in [0.15, 0.2) is 41.4 Å². The van der Waals surface area contributed by atoms with Crippen molar-refractivity contribution in [2.75, 3.05) is 26.2 Å². The van der Waals surface area contributed by atoms with Gasteiger partial charge in [-0.25, -0.2) is 9.79 Å². The predicted molar refractivity (Wildman–Crippen MR) is 159 cm³/mol. The number of hydrogen-bond donors (Lipinski definition) is 4. The summed E-state index contributed by atoms with van der Waals surface area (Å²) >= 11 is 14.6. The normalized spacial score (nSPS) is 17.5. The number of carbonyl (C=O) groups is 3. The Labute approximate surface area is 254 Å². The van der Waals surface area contributed by atoms with Gasteiger partial charge in [-0.2, -0.15) is 5.26 Å². The summed E-state index contributed by atoms with van der Waals surface area (Å²) in [5, 5.41) is 34.5. The van der Waals surface area contributed by atoms with E-state index in [1.54, 1.807) is 22.1 Å². The fourth-order valence-corrected chi connectivity index (χ4v) is 6.87. The Morgan fingerprint density at radius 3 is 2.67 bits per heavy atom. The van der Waals surface area contributed by atoms with Crippen LogP contribution in [-0.2, 0) is 17.8 Å². The number of aliphatic imine (C=N–C) groups is 1. The van der Waals surface area contributed by atoms with Gasteiger partial charge in [0.25, 0.3) is 11.8 Å². The van der Waals surface area contributed by atoms with E-state index < -0.39 is 24.0 Å². The number of halogens is 2. The molecule has 3 heterocycles. The molecule has 4 N–H and O–H groups in total. The van der Waals surface area contributed by atoms with Crippen LogP contribution >= 0.6 is 34.5 Å². The van der Waals surface area contributed by atoms with Gasteiger partial charge in [0.15, 0.2) is 6.19 Å².